The van der Waals surface area contributed by atoms with E-state index in [1.165, 1.54) is 17.5 Å². The number of amides is 3. The number of aliphatic imine (C=N–C) groups is 1. The maximum Gasteiger partial charge on any atom is 0.333 e. The van der Waals surface area contributed by atoms with Crippen molar-refractivity contribution in [2.45, 2.75) is 19.9 Å². The molecule has 1 aromatic rings. The molecular formula is C19H26N5O3+. The van der Waals surface area contributed by atoms with Crippen LogP contribution in [0.1, 0.15) is 12.5 Å². The number of benzene rings is 1. The molecule has 0 radical (unpaired) electrons. The van der Waals surface area contributed by atoms with Gasteiger partial charge in [0.1, 0.15) is 13.1 Å². The number of nitrogens with one attached hydrogen (secondary N) is 1. The van der Waals surface area contributed by atoms with Crippen molar-refractivity contribution >= 4 is 29.3 Å². The van der Waals surface area contributed by atoms with Crippen molar-refractivity contribution in [1.82, 2.24) is 9.80 Å². The predicted octanol–water partition coefficient (Wildman–Crippen LogP) is 1.16. The van der Waals surface area contributed by atoms with Crippen LogP contribution in [0.2, 0.25) is 0 Å². The fourth-order valence-corrected chi connectivity index (χ4v) is 3.21. The Balaban J connectivity index is 1.86. The lowest BCUT2D eigenvalue weighted by atomic mass is 10.1. The molecule has 8 heteroatoms. The zero-order chi connectivity index (χ0) is 19.6. The Morgan fingerprint density at radius 2 is 1.89 bits per heavy atom. The monoisotopic (exact) mass is 372 g/mol. The van der Waals surface area contributed by atoms with Crippen LogP contribution in [0.4, 0.5) is 10.5 Å². The topological polar surface area (TPSA) is 77.2 Å². The molecule has 1 aromatic carbocycles. The third kappa shape index (κ3) is 3.71. The van der Waals surface area contributed by atoms with E-state index in [1.54, 1.807) is 7.05 Å². The zero-order valence-corrected chi connectivity index (χ0v) is 16.2. The van der Waals surface area contributed by atoms with Crippen molar-refractivity contribution < 1.29 is 18.9 Å². The maximum absolute atomic E-state index is 12.7. The Bertz CT molecular complexity index is 800. The van der Waals surface area contributed by atoms with Crippen LogP contribution >= 0.6 is 0 Å². The molecular weight excluding hydrogens is 346 g/mol. The minimum atomic E-state index is -0.590. The molecule has 1 fully saturated rings. The minimum Gasteiger partial charge on any atom is -0.378 e. The molecule has 2 aliphatic rings. The van der Waals surface area contributed by atoms with Crippen LogP contribution in [-0.2, 0) is 9.53 Å². The molecule has 2 aliphatic heterocycles. The lowest BCUT2D eigenvalue weighted by molar-refractivity contribution is -0.538. The van der Waals surface area contributed by atoms with E-state index in [9.17, 15) is 9.59 Å². The number of anilines is 1. The lowest BCUT2D eigenvalue weighted by Gasteiger charge is -2.30. The summed E-state index contributed by atoms with van der Waals surface area (Å²) in [7, 11) is 3.15. The third-order valence-corrected chi connectivity index (χ3v) is 4.80. The van der Waals surface area contributed by atoms with Gasteiger partial charge in [-0.2, -0.15) is 0 Å². The molecule has 1 atom stereocenters. The van der Waals surface area contributed by atoms with Crippen molar-refractivity contribution in [2.24, 2.45) is 4.99 Å². The molecule has 8 nitrogen and oxygen atoms in total. The van der Waals surface area contributed by atoms with Crippen LogP contribution in [0.15, 0.2) is 29.3 Å². The number of hydrogen-bond donors (Lipinski definition) is 1. The number of urea groups is 1. The average Bonchev–Trinajstić information content (AvgIpc) is 3.03. The molecule has 1 saturated heterocycles. The van der Waals surface area contributed by atoms with E-state index < -0.39 is 6.04 Å². The summed E-state index contributed by atoms with van der Waals surface area (Å²) in [5.41, 5.74) is 2.16. The number of rotatable bonds is 7. The molecule has 0 spiro atoms. The highest BCUT2D eigenvalue weighted by Crippen LogP contribution is 2.19. The first-order chi connectivity index (χ1) is 12.9. The van der Waals surface area contributed by atoms with Crippen LogP contribution in [0.5, 0.6) is 0 Å². The Kier molecular flexibility index (Phi) is 5.55. The summed E-state index contributed by atoms with van der Waals surface area (Å²) in [5.74, 6) is 0.928. The van der Waals surface area contributed by atoms with Crippen LogP contribution in [0.3, 0.4) is 0 Å². The summed E-state index contributed by atoms with van der Waals surface area (Å²) in [5, 5.41) is 3.34. The van der Waals surface area contributed by atoms with E-state index >= 15 is 0 Å². The Morgan fingerprint density at radius 1 is 1.19 bits per heavy atom. The van der Waals surface area contributed by atoms with E-state index in [0.717, 1.165) is 16.4 Å². The number of hydrogen-bond acceptors (Lipinski definition) is 5. The number of amidine groups is 2. The van der Waals surface area contributed by atoms with Gasteiger partial charge in [-0.15, -0.1) is 0 Å². The highest BCUT2D eigenvalue weighted by molar-refractivity contribution is 6.23. The van der Waals surface area contributed by atoms with Gasteiger partial charge in [-0.1, -0.05) is 17.7 Å². The second-order valence-electron chi connectivity index (χ2n) is 6.64. The van der Waals surface area contributed by atoms with Crippen LogP contribution in [-0.4, -0.2) is 84.4 Å². The molecule has 1 N–H and O–H groups in total. The quantitative estimate of drug-likeness (QED) is 0.576. The minimum absolute atomic E-state index is 0.265. The molecule has 144 valence electrons. The Morgan fingerprint density at radius 3 is 2.56 bits per heavy atom. The summed E-state index contributed by atoms with van der Waals surface area (Å²) >= 11 is 0. The first kappa shape index (κ1) is 19.0. The second kappa shape index (κ2) is 7.87. The van der Waals surface area contributed by atoms with Crippen LogP contribution < -0.4 is 5.32 Å². The van der Waals surface area contributed by atoms with Crippen molar-refractivity contribution in [3.63, 3.8) is 0 Å². The number of nitrogens with zero attached hydrogens (tertiary/aromatic N) is 4. The molecule has 0 aliphatic carbocycles. The SMILES string of the molecule is CCOCC[N+]1=C(CNc2ccc(C)cc2)N=C2C1C(=O)N(C)C(=O)N2C. The number of imide groups is 1. The van der Waals surface area contributed by atoms with Crippen molar-refractivity contribution in [1.29, 1.82) is 0 Å². The highest BCUT2D eigenvalue weighted by atomic mass is 16.5. The van der Waals surface area contributed by atoms with E-state index in [4.69, 9.17) is 4.74 Å². The largest absolute Gasteiger partial charge is 0.378 e. The van der Waals surface area contributed by atoms with E-state index in [1.807, 2.05) is 42.7 Å². The van der Waals surface area contributed by atoms with E-state index in [0.29, 0.717) is 32.1 Å². The van der Waals surface area contributed by atoms with Gasteiger partial charge >= 0.3 is 11.9 Å². The number of carbonyl (C=O) groups is 2. The third-order valence-electron chi connectivity index (χ3n) is 4.80. The number of likely N-dealkylation sites (N-methyl/N-ethyl adjacent to an activating group) is 2. The highest BCUT2D eigenvalue weighted by Gasteiger charge is 2.52. The first-order valence-corrected chi connectivity index (χ1v) is 9.08. The molecule has 0 bridgehead atoms. The van der Waals surface area contributed by atoms with Gasteiger partial charge in [-0.05, 0) is 31.0 Å². The maximum atomic E-state index is 12.7. The molecule has 3 amide bonds. The van der Waals surface area contributed by atoms with Crippen molar-refractivity contribution in [3.8, 4) is 0 Å². The predicted molar refractivity (Wildman–Crippen MR) is 103 cm³/mol. The number of carbonyl (C=O) groups excluding carboxylic acids is 2. The van der Waals surface area contributed by atoms with Crippen LogP contribution in [0.25, 0.3) is 0 Å². The smallest absolute Gasteiger partial charge is 0.333 e. The summed E-state index contributed by atoms with van der Waals surface area (Å²) in [6.45, 7) is 6.04. The molecule has 0 saturated carbocycles. The number of ether oxygens (including phenoxy) is 1. The Labute approximate surface area is 159 Å². The molecule has 2 heterocycles. The normalized spacial score (nSPS) is 19.6. The molecule has 3 rings (SSSR count). The van der Waals surface area contributed by atoms with E-state index in [-0.39, 0.29) is 11.9 Å². The zero-order valence-electron chi connectivity index (χ0n) is 16.2. The van der Waals surface area contributed by atoms with E-state index in [2.05, 4.69) is 10.3 Å². The number of aryl methyl sites for hydroxylation is 1. The second-order valence-corrected chi connectivity index (χ2v) is 6.64. The molecule has 27 heavy (non-hydrogen) atoms. The summed E-state index contributed by atoms with van der Waals surface area (Å²) < 4.78 is 7.40. The number of fused-ring (bicyclic) bond motifs is 1. The fourth-order valence-electron chi connectivity index (χ4n) is 3.21. The summed E-state index contributed by atoms with van der Waals surface area (Å²) in [4.78, 5) is 32.2. The van der Waals surface area contributed by atoms with Crippen molar-refractivity contribution in [3.05, 3.63) is 29.8 Å². The first-order valence-electron chi connectivity index (χ1n) is 9.08. The molecule has 1 unspecified atom stereocenters. The Hall–Kier alpha value is -2.74. The van der Waals surface area contributed by atoms with Gasteiger partial charge < -0.3 is 10.1 Å². The van der Waals surface area contributed by atoms with Crippen molar-refractivity contribution in [2.75, 3.05) is 45.7 Å². The van der Waals surface area contributed by atoms with Gasteiger partial charge in [0.2, 0.25) is 0 Å². The molecule has 0 aromatic heterocycles. The fraction of sp³-hybridized carbons (Fsp3) is 0.474. The van der Waals surface area contributed by atoms with Gasteiger partial charge in [0, 0.05) is 26.4 Å². The summed E-state index contributed by atoms with van der Waals surface area (Å²) in [6, 6.07) is 7.12. The van der Waals surface area contributed by atoms with Gasteiger partial charge in [-0.3, -0.25) is 14.6 Å². The van der Waals surface area contributed by atoms with Gasteiger partial charge in [0.25, 0.3) is 17.8 Å². The van der Waals surface area contributed by atoms with Crippen LogP contribution in [0, 0.1) is 6.92 Å². The van der Waals surface area contributed by atoms with Gasteiger partial charge in [0.05, 0.1) is 6.61 Å². The standard InChI is InChI=1S/C19H26N5O3/c1-5-27-11-10-24-15(12-20-14-8-6-13(2)7-9-14)21-17-16(24)18(25)23(4)19(26)22(17)3/h6-9,16,20H,5,10-12H2,1-4H3/q+1. The van der Waals surface area contributed by atoms with Gasteiger partial charge in [-0.25, -0.2) is 9.37 Å². The lowest BCUT2D eigenvalue weighted by Crippen LogP contribution is -2.61. The summed E-state index contributed by atoms with van der Waals surface area (Å²) in [6.07, 6.45) is 0. The average molecular weight is 372 g/mol. The van der Waals surface area contributed by atoms with Gasteiger partial charge in [0.15, 0.2) is 0 Å².